The van der Waals surface area contributed by atoms with E-state index >= 15 is 0 Å². The zero-order valence-electron chi connectivity index (χ0n) is 9.85. The van der Waals surface area contributed by atoms with Gasteiger partial charge in [-0.05, 0) is 25.6 Å². The van der Waals surface area contributed by atoms with Crippen molar-refractivity contribution in [1.82, 2.24) is 14.3 Å². The summed E-state index contributed by atoms with van der Waals surface area (Å²) in [5.74, 6) is 0. The molecule has 0 fully saturated rings. The summed E-state index contributed by atoms with van der Waals surface area (Å²) >= 11 is 0. The topological polar surface area (TPSA) is 46.6 Å². The molecule has 2 aromatic rings. The van der Waals surface area contributed by atoms with Crippen LogP contribution in [0.5, 0.6) is 0 Å². The molecular formula is C12H18N4. The summed E-state index contributed by atoms with van der Waals surface area (Å²) in [5, 5.41) is 0. The minimum Gasteiger partial charge on any atom is -0.329 e. The van der Waals surface area contributed by atoms with Gasteiger partial charge < -0.3 is 10.1 Å². The second kappa shape index (κ2) is 4.63. The molecule has 0 amide bonds. The summed E-state index contributed by atoms with van der Waals surface area (Å²) in [4.78, 5) is 6.79. The van der Waals surface area contributed by atoms with Gasteiger partial charge >= 0.3 is 0 Å². The maximum Gasteiger partial charge on any atom is 0.139 e. The molecule has 0 aliphatic carbocycles. The number of aryl methyl sites for hydroxylation is 1. The van der Waals surface area contributed by atoms with Gasteiger partial charge in [-0.2, -0.15) is 0 Å². The average molecular weight is 218 g/mol. The van der Waals surface area contributed by atoms with Gasteiger partial charge in [0, 0.05) is 32.0 Å². The Kier molecular flexibility index (Phi) is 3.22. The number of likely N-dealkylation sites (N-methyl/N-ethyl adjacent to an activating group) is 1. The number of fused-ring (bicyclic) bond motifs is 1. The van der Waals surface area contributed by atoms with Crippen molar-refractivity contribution in [2.75, 3.05) is 20.1 Å². The Labute approximate surface area is 95.7 Å². The fourth-order valence-electron chi connectivity index (χ4n) is 1.86. The third-order valence-electron chi connectivity index (χ3n) is 2.67. The predicted molar refractivity (Wildman–Crippen MR) is 65.3 cm³/mol. The molecule has 0 aromatic carbocycles. The summed E-state index contributed by atoms with van der Waals surface area (Å²) in [6.07, 6.45) is 4.11. The van der Waals surface area contributed by atoms with Gasteiger partial charge in [-0.3, -0.25) is 4.90 Å². The summed E-state index contributed by atoms with van der Waals surface area (Å²) in [6.45, 7) is 4.50. The fraction of sp³-hybridized carbons (Fsp3) is 0.417. The first-order valence-corrected chi connectivity index (χ1v) is 5.52. The molecule has 0 radical (unpaired) electrons. The van der Waals surface area contributed by atoms with Gasteiger partial charge in [-0.25, -0.2) is 4.98 Å². The van der Waals surface area contributed by atoms with E-state index in [1.54, 1.807) is 0 Å². The van der Waals surface area contributed by atoms with E-state index in [2.05, 4.69) is 40.5 Å². The molecule has 0 bridgehead atoms. The lowest BCUT2D eigenvalue weighted by molar-refractivity contribution is 0.333. The fourth-order valence-corrected chi connectivity index (χ4v) is 1.86. The number of pyridine rings is 1. The molecule has 4 nitrogen and oxygen atoms in total. The van der Waals surface area contributed by atoms with E-state index in [0.717, 1.165) is 24.4 Å². The Balaban J connectivity index is 2.23. The quantitative estimate of drug-likeness (QED) is 0.834. The van der Waals surface area contributed by atoms with Crippen LogP contribution in [0.1, 0.15) is 11.3 Å². The first kappa shape index (κ1) is 11.1. The van der Waals surface area contributed by atoms with Gasteiger partial charge in [-0.1, -0.05) is 6.07 Å². The van der Waals surface area contributed by atoms with Gasteiger partial charge in [0.1, 0.15) is 5.65 Å². The largest absolute Gasteiger partial charge is 0.329 e. The van der Waals surface area contributed by atoms with Crippen LogP contribution < -0.4 is 5.73 Å². The van der Waals surface area contributed by atoms with Crippen LogP contribution in [-0.4, -0.2) is 34.4 Å². The molecule has 0 aliphatic heterocycles. The standard InChI is InChI=1S/C12H18N4/c1-10-4-3-6-16-9-11(14-12(10)16)8-15(2)7-5-13/h3-4,6,9H,5,7-8,13H2,1-2H3. The second-order valence-corrected chi connectivity index (χ2v) is 4.18. The Hall–Kier alpha value is -1.39. The van der Waals surface area contributed by atoms with Crippen LogP contribution in [0.2, 0.25) is 0 Å². The van der Waals surface area contributed by atoms with Gasteiger partial charge in [-0.15, -0.1) is 0 Å². The van der Waals surface area contributed by atoms with E-state index in [4.69, 9.17) is 5.73 Å². The molecule has 2 rings (SSSR count). The van der Waals surface area contributed by atoms with Gasteiger partial charge in [0.25, 0.3) is 0 Å². The molecule has 2 heterocycles. The number of rotatable bonds is 4. The van der Waals surface area contributed by atoms with Crippen molar-refractivity contribution >= 4 is 5.65 Å². The average Bonchev–Trinajstić information content (AvgIpc) is 2.62. The first-order valence-electron chi connectivity index (χ1n) is 5.52. The minimum absolute atomic E-state index is 0.683. The third kappa shape index (κ3) is 2.23. The van der Waals surface area contributed by atoms with Crippen LogP contribution in [0.3, 0.4) is 0 Å². The van der Waals surface area contributed by atoms with Crippen molar-refractivity contribution in [3.05, 3.63) is 35.8 Å². The third-order valence-corrected chi connectivity index (χ3v) is 2.67. The maximum atomic E-state index is 5.52. The Morgan fingerprint density at radius 1 is 1.50 bits per heavy atom. The van der Waals surface area contributed by atoms with Crippen LogP contribution >= 0.6 is 0 Å². The van der Waals surface area contributed by atoms with Gasteiger partial charge in [0.15, 0.2) is 0 Å². The zero-order valence-corrected chi connectivity index (χ0v) is 9.85. The van der Waals surface area contributed by atoms with Crippen molar-refractivity contribution < 1.29 is 0 Å². The van der Waals surface area contributed by atoms with Gasteiger partial charge in [0.2, 0.25) is 0 Å². The van der Waals surface area contributed by atoms with Crippen molar-refractivity contribution in [2.45, 2.75) is 13.5 Å². The molecule has 0 saturated carbocycles. The van der Waals surface area contributed by atoms with Crippen molar-refractivity contribution in [3.8, 4) is 0 Å². The van der Waals surface area contributed by atoms with Crippen LogP contribution in [0.4, 0.5) is 0 Å². The van der Waals surface area contributed by atoms with E-state index < -0.39 is 0 Å². The highest BCUT2D eigenvalue weighted by Crippen LogP contribution is 2.10. The highest BCUT2D eigenvalue weighted by molar-refractivity contribution is 5.47. The van der Waals surface area contributed by atoms with E-state index in [0.29, 0.717) is 6.54 Å². The molecule has 0 spiro atoms. The molecule has 0 atom stereocenters. The molecule has 0 aliphatic rings. The van der Waals surface area contributed by atoms with Crippen LogP contribution in [0, 0.1) is 6.92 Å². The SMILES string of the molecule is Cc1cccn2cc(CN(C)CCN)nc12. The van der Waals surface area contributed by atoms with Crippen molar-refractivity contribution in [3.63, 3.8) is 0 Å². The lowest BCUT2D eigenvalue weighted by Crippen LogP contribution is -2.25. The molecule has 0 saturated heterocycles. The molecule has 86 valence electrons. The monoisotopic (exact) mass is 218 g/mol. The molecular weight excluding hydrogens is 200 g/mol. The van der Waals surface area contributed by atoms with E-state index in [-0.39, 0.29) is 0 Å². The molecule has 4 heteroatoms. The van der Waals surface area contributed by atoms with E-state index in [9.17, 15) is 0 Å². The smallest absolute Gasteiger partial charge is 0.139 e. The van der Waals surface area contributed by atoms with Crippen molar-refractivity contribution in [1.29, 1.82) is 0 Å². The number of hydrogen-bond donors (Lipinski definition) is 1. The van der Waals surface area contributed by atoms with Crippen LogP contribution in [0.25, 0.3) is 5.65 Å². The predicted octanol–water partition coefficient (Wildman–Crippen LogP) is 1.03. The maximum absolute atomic E-state index is 5.52. The van der Waals surface area contributed by atoms with Crippen molar-refractivity contribution in [2.24, 2.45) is 5.73 Å². The molecule has 16 heavy (non-hydrogen) atoms. The Morgan fingerprint density at radius 2 is 2.31 bits per heavy atom. The first-order chi connectivity index (χ1) is 7.70. The highest BCUT2D eigenvalue weighted by Gasteiger charge is 2.05. The zero-order chi connectivity index (χ0) is 11.5. The molecule has 0 unspecified atom stereocenters. The van der Waals surface area contributed by atoms with E-state index in [1.165, 1.54) is 5.56 Å². The summed E-state index contributed by atoms with van der Waals surface area (Å²) < 4.78 is 2.07. The summed E-state index contributed by atoms with van der Waals surface area (Å²) in [7, 11) is 2.06. The highest BCUT2D eigenvalue weighted by atomic mass is 15.1. The minimum atomic E-state index is 0.683. The Morgan fingerprint density at radius 3 is 3.00 bits per heavy atom. The number of nitrogens with two attached hydrogens (primary N) is 1. The lowest BCUT2D eigenvalue weighted by atomic mass is 10.3. The normalized spacial score (nSPS) is 11.5. The Bertz CT molecular complexity index is 475. The van der Waals surface area contributed by atoms with Gasteiger partial charge in [0.05, 0.1) is 5.69 Å². The van der Waals surface area contributed by atoms with Crippen LogP contribution in [0.15, 0.2) is 24.5 Å². The lowest BCUT2D eigenvalue weighted by Gasteiger charge is -2.12. The second-order valence-electron chi connectivity index (χ2n) is 4.18. The summed E-state index contributed by atoms with van der Waals surface area (Å²) in [5.41, 5.74) is 8.85. The summed E-state index contributed by atoms with van der Waals surface area (Å²) in [6, 6.07) is 4.12. The number of hydrogen-bond acceptors (Lipinski definition) is 3. The number of aromatic nitrogens is 2. The number of nitrogens with zero attached hydrogens (tertiary/aromatic N) is 3. The molecule has 2 N–H and O–H groups in total. The number of imidazole rings is 1. The van der Waals surface area contributed by atoms with E-state index in [1.807, 2.05) is 12.3 Å². The van der Waals surface area contributed by atoms with Crippen LogP contribution in [-0.2, 0) is 6.54 Å². The molecule has 2 aromatic heterocycles.